The van der Waals surface area contributed by atoms with E-state index in [0.29, 0.717) is 0 Å². The molecule has 3 rings (SSSR count). The predicted octanol–water partition coefficient (Wildman–Crippen LogP) is 4.66. The van der Waals surface area contributed by atoms with E-state index in [2.05, 4.69) is 58.2 Å². The minimum absolute atomic E-state index is 0.148. The average Bonchev–Trinajstić information content (AvgIpc) is 2.49. The lowest BCUT2D eigenvalue weighted by atomic mass is 9.97. The fourth-order valence-corrected chi connectivity index (χ4v) is 3.04. The Balaban J connectivity index is 2.07. The van der Waals surface area contributed by atoms with Gasteiger partial charge in [-0.15, -0.1) is 0 Å². The maximum Gasteiger partial charge on any atom is 0.0705 e. The molecule has 0 spiro atoms. The van der Waals surface area contributed by atoms with Crippen molar-refractivity contribution in [1.29, 1.82) is 0 Å². The van der Waals surface area contributed by atoms with E-state index in [4.69, 9.17) is 5.73 Å². The van der Waals surface area contributed by atoms with Crippen molar-refractivity contribution in [3.05, 3.63) is 75.4 Å². The number of aromatic nitrogens is 1. The fraction of sp³-hybridized carbons (Fsp3) is 0.167. The average molecular weight is 341 g/mol. The largest absolute Gasteiger partial charge is 0.320 e. The van der Waals surface area contributed by atoms with Crippen LogP contribution in [0.4, 0.5) is 0 Å². The van der Waals surface area contributed by atoms with E-state index in [1.807, 2.05) is 25.1 Å². The Hall–Kier alpha value is -1.71. The molecule has 0 aliphatic rings. The number of nitrogens with zero attached hydrogens (tertiary/aromatic N) is 1. The Morgan fingerprint density at radius 1 is 1.05 bits per heavy atom. The first-order valence-electron chi connectivity index (χ1n) is 6.94. The first kappa shape index (κ1) is 14.2. The molecule has 2 N–H and O–H groups in total. The summed E-state index contributed by atoms with van der Waals surface area (Å²) in [6.07, 6.45) is 0. The van der Waals surface area contributed by atoms with Crippen molar-refractivity contribution in [2.45, 2.75) is 19.9 Å². The molecular weight excluding hydrogens is 324 g/mol. The summed E-state index contributed by atoms with van der Waals surface area (Å²) < 4.78 is 1.08. The molecule has 0 fully saturated rings. The number of pyridine rings is 1. The highest BCUT2D eigenvalue weighted by Crippen LogP contribution is 2.30. The van der Waals surface area contributed by atoms with Crippen molar-refractivity contribution in [2.75, 3.05) is 0 Å². The van der Waals surface area contributed by atoms with Gasteiger partial charge in [-0.3, -0.25) is 4.98 Å². The second-order valence-corrected chi connectivity index (χ2v) is 6.15. The molecule has 0 aliphatic heterocycles. The van der Waals surface area contributed by atoms with Crippen molar-refractivity contribution in [3.63, 3.8) is 0 Å². The summed E-state index contributed by atoms with van der Waals surface area (Å²) in [7, 11) is 0. The van der Waals surface area contributed by atoms with Crippen molar-refractivity contribution in [2.24, 2.45) is 5.73 Å². The van der Waals surface area contributed by atoms with Crippen LogP contribution >= 0.6 is 15.9 Å². The lowest BCUT2D eigenvalue weighted by molar-refractivity contribution is 0.865. The highest BCUT2D eigenvalue weighted by molar-refractivity contribution is 9.10. The van der Waals surface area contributed by atoms with Gasteiger partial charge >= 0.3 is 0 Å². The van der Waals surface area contributed by atoms with Crippen molar-refractivity contribution < 1.29 is 0 Å². The number of fused-ring (bicyclic) bond motifs is 1. The predicted molar refractivity (Wildman–Crippen MR) is 91.4 cm³/mol. The third-order valence-corrected chi connectivity index (χ3v) is 4.85. The summed E-state index contributed by atoms with van der Waals surface area (Å²) in [5.74, 6) is 0. The van der Waals surface area contributed by atoms with Crippen LogP contribution in [0.2, 0.25) is 0 Å². The molecule has 106 valence electrons. The molecule has 1 unspecified atom stereocenters. The topological polar surface area (TPSA) is 38.9 Å². The molecule has 0 saturated carbocycles. The Morgan fingerprint density at radius 3 is 2.67 bits per heavy atom. The Bertz CT molecular complexity index is 811. The highest BCUT2D eigenvalue weighted by atomic mass is 79.9. The maximum atomic E-state index is 6.46. The Morgan fingerprint density at radius 2 is 1.86 bits per heavy atom. The molecule has 3 heteroatoms. The number of rotatable bonds is 2. The molecule has 3 aromatic rings. The van der Waals surface area contributed by atoms with Crippen LogP contribution in [0.25, 0.3) is 10.9 Å². The number of hydrogen-bond donors (Lipinski definition) is 1. The minimum Gasteiger partial charge on any atom is -0.320 e. The molecule has 2 aromatic carbocycles. The van der Waals surface area contributed by atoms with Crippen LogP contribution < -0.4 is 5.73 Å². The number of nitrogens with two attached hydrogens (primary N) is 1. The van der Waals surface area contributed by atoms with Crippen LogP contribution in [0.5, 0.6) is 0 Å². The minimum atomic E-state index is -0.148. The SMILES string of the molecule is Cc1ccc2cc(C(N)c3cccc(C)c3Br)ccc2n1. The monoisotopic (exact) mass is 340 g/mol. The van der Waals surface area contributed by atoms with Gasteiger partial charge in [0.2, 0.25) is 0 Å². The summed E-state index contributed by atoms with van der Waals surface area (Å²) >= 11 is 3.65. The first-order chi connectivity index (χ1) is 10.1. The van der Waals surface area contributed by atoms with Gasteiger partial charge in [0.05, 0.1) is 11.6 Å². The van der Waals surface area contributed by atoms with Gasteiger partial charge in [-0.05, 0) is 48.7 Å². The van der Waals surface area contributed by atoms with Crippen LogP contribution in [-0.2, 0) is 0 Å². The first-order valence-corrected chi connectivity index (χ1v) is 7.73. The normalized spacial score (nSPS) is 12.6. The fourth-order valence-electron chi connectivity index (χ4n) is 2.53. The summed E-state index contributed by atoms with van der Waals surface area (Å²) in [5.41, 5.74) is 11.9. The molecule has 0 saturated heterocycles. The second kappa shape index (κ2) is 5.58. The quantitative estimate of drug-likeness (QED) is 0.736. The van der Waals surface area contributed by atoms with Gasteiger partial charge in [-0.25, -0.2) is 0 Å². The van der Waals surface area contributed by atoms with Gasteiger partial charge < -0.3 is 5.73 Å². The van der Waals surface area contributed by atoms with E-state index in [1.54, 1.807) is 0 Å². The molecule has 1 atom stereocenters. The van der Waals surface area contributed by atoms with Crippen molar-refractivity contribution in [3.8, 4) is 0 Å². The third kappa shape index (κ3) is 2.71. The van der Waals surface area contributed by atoms with Crippen LogP contribution in [0.1, 0.15) is 28.4 Å². The molecule has 2 nitrogen and oxygen atoms in total. The van der Waals surface area contributed by atoms with Gasteiger partial charge in [0.25, 0.3) is 0 Å². The Labute approximate surface area is 133 Å². The summed E-state index contributed by atoms with van der Waals surface area (Å²) in [6, 6.07) is 16.4. The number of halogens is 1. The number of hydrogen-bond acceptors (Lipinski definition) is 2. The van der Waals surface area contributed by atoms with Crippen LogP contribution in [0.15, 0.2) is 53.0 Å². The molecule has 0 radical (unpaired) electrons. The zero-order valence-corrected chi connectivity index (χ0v) is 13.7. The van der Waals surface area contributed by atoms with Gasteiger partial charge in [0.1, 0.15) is 0 Å². The number of aryl methyl sites for hydroxylation is 2. The van der Waals surface area contributed by atoms with E-state index in [0.717, 1.165) is 32.2 Å². The van der Waals surface area contributed by atoms with Gasteiger partial charge in [-0.1, -0.05) is 46.3 Å². The zero-order chi connectivity index (χ0) is 15.0. The molecule has 0 bridgehead atoms. The smallest absolute Gasteiger partial charge is 0.0705 e. The molecule has 1 heterocycles. The second-order valence-electron chi connectivity index (χ2n) is 5.36. The molecular formula is C18H17BrN2. The van der Waals surface area contributed by atoms with E-state index < -0.39 is 0 Å². The maximum absolute atomic E-state index is 6.46. The lowest BCUT2D eigenvalue weighted by Crippen LogP contribution is -2.12. The Kier molecular flexibility index (Phi) is 3.79. The zero-order valence-electron chi connectivity index (χ0n) is 12.1. The molecule has 1 aromatic heterocycles. The van der Waals surface area contributed by atoms with E-state index in [1.165, 1.54) is 5.56 Å². The lowest BCUT2D eigenvalue weighted by Gasteiger charge is -2.16. The molecule has 0 amide bonds. The molecule has 0 aliphatic carbocycles. The van der Waals surface area contributed by atoms with Crippen LogP contribution in [0, 0.1) is 13.8 Å². The van der Waals surface area contributed by atoms with Crippen LogP contribution in [0.3, 0.4) is 0 Å². The van der Waals surface area contributed by atoms with Gasteiger partial charge in [0.15, 0.2) is 0 Å². The van der Waals surface area contributed by atoms with Gasteiger partial charge in [-0.2, -0.15) is 0 Å². The van der Waals surface area contributed by atoms with E-state index >= 15 is 0 Å². The highest BCUT2D eigenvalue weighted by Gasteiger charge is 2.13. The standard InChI is InChI=1S/C18H17BrN2/c1-11-4-3-5-15(17(11)19)18(20)14-8-9-16-13(10-14)7-6-12(2)21-16/h3-10,18H,20H2,1-2H3. The van der Waals surface area contributed by atoms with E-state index in [-0.39, 0.29) is 6.04 Å². The van der Waals surface area contributed by atoms with Crippen molar-refractivity contribution in [1.82, 2.24) is 4.98 Å². The molecule has 21 heavy (non-hydrogen) atoms. The van der Waals surface area contributed by atoms with Crippen molar-refractivity contribution >= 4 is 26.8 Å². The third-order valence-electron chi connectivity index (χ3n) is 3.77. The van der Waals surface area contributed by atoms with Gasteiger partial charge in [0, 0.05) is 15.6 Å². The summed E-state index contributed by atoms with van der Waals surface area (Å²) in [6.45, 7) is 4.08. The number of benzene rings is 2. The summed E-state index contributed by atoms with van der Waals surface area (Å²) in [5, 5.41) is 1.12. The van der Waals surface area contributed by atoms with Crippen LogP contribution in [-0.4, -0.2) is 4.98 Å². The summed E-state index contributed by atoms with van der Waals surface area (Å²) in [4.78, 5) is 4.53. The van der Waals surface area contributed by atoms with E-state index in [9.17, 15) is 0 Å².